The predicted octanol–water partition coefficient (Wildman–Crippen LogP) is 3.71. The SMILES string of the molecule is CC(C)CC(C(=O)O)(C(=O)O)c1cccc2c1Cc1ccccc1-2. The zero-order valence-corrected chi connectivity index (χ0v) is 13.7. The first-order chi connectivity index (χ1) is 11.4. The molecular formula is C20H20O4. The van der Waals surface area contributed by atoms with Crippen molar-refractivity contribution >= 4 is 11.9 Å². The van der Waals surface area contributed by atoms with Gasteiger partial charge in [0.2, 0.25) is 0 Å². The second-order valence-electron chi connectivity index (χ2n) is 6.78. The Balaban J connectivity index is 2.25. The van der Waals surface area contributed by atoms with Crippen molar-refractivity contribution in [2.45, 2.75) is 32.1 Å². The molecule has 24 heavy (non-hydrogen) atoms. The summed E-state index contributed by atoms with van der Waals surface area (Å²) in [4.78, 5) is 24.2. The lowest BCUT2D eigenvalue weighted by Crippen LogP contribution is -2.45. The quantitative estimate of drug-likeness (QED) is 0.702. The van der Waals surface area contributed by atoms with Gasteiger partial charge in [0.1, 0.15) is 0 Å². The van der Waals surface area contributed by atoms with Crippen LogP contribution in [0, 0.1) is 5.92 Å². The van der Waals surface area contributed by atoms with Gasteiger partial charge >= 0.3 is 11.9 Å². The van der Waals surface area contributed by atoms with Crippen LogP contribution < -0.4 is 0 Å². The number of aliphatic carboxylic acids is 2. The van der Waals surface area contributed by atoms with E-state index in [1.165, 1.54) is 0 Å². The summed E-state index contributed by atoms with van der Waals surface area (Å²) in [6.07, 6.45) is 0.631. The molecule has 0 amide bonds. The molecule has 0 atom stereocenters. The van der Waals surface area contributed by atoms with Crippen LogP contribution in [-0.4, -0.2) is 22.2 Å². The van der Waals surface area contributed by atoms with E-state index in [1.54, 1.807) is 12.1 Å². The van der Waals surface area contributed by atoms with Gasteiger partial charge in [0, 0.05) is 0 Å². The Bertz CT molecular complexity index is 806. The molecular weight excluding hydrogens is 304 g/mol. The van der Waals surface area contributed by atoms with Crippen LogP contribution in [0.15, 0.2) is 42.5 Å². The van der Waals surface area contributed by atoms with Crippen LogP contribution in [0.5, 0.6) is 0 Å². The van der Waals surface area contributed by atoms with Crippen LogP contribution in [0.25, 0.3) is 11.1 Å². The van der Waals surface area contributed by atoms with Crippen LogP contribution in [0.4, 0.5) is 0 Å². The number of carbonyl (C=O) groups is 2. The lowest BCUT2D eigenvalue weighted by atomic mass is 9.72. The fourth-order valence-corrected chi connectivity index (χ4v) is 3.78. The Morgan fingerprint density at radius 1 is 1.00 bits per heavy atom. The largest absolute Gasteiger partial charge is 0.480 e. The molecule has 0 aliphatic heterocycles. The molecule has 4 heteroatoms. The highest BCUT2D eigenvalue weighted by Crippen LogP contribution is 2.43. The predicted molar refractivity (Wildman–Crippen MR) is 91.1 cm³/mol. The standard InChI is InChI=1S/C20H20O4/c1-12(2)11-20(18(21)22,19(23)24)17-9-5-8-15-14-7-4-3-6-13(14)10-16(15)17/h3-9,12H,10-11H2,1-2H3,(H,21,22)(H,23,24). The average molecular weight is 324 g/mol. The van der Waals surface area contributed by atoms with Gasteiger partial charge in [-0.2, -0.15) is 0 Å². The Kier molecular flexibility index (Phi) is 3.91. The first-order valence-electron chi connectivity index (χ1n) is 8.05. The number of hydrogen-bond acceptors (Lipinski definition) is 2. The maximum atomic E-state index is 12.1. The second-order valence-corrected chi connectivity index (χ2v) is 6.78. The highest BCUT2D eigenvalue weighted by Gasteiger charge is 2.50. The van der Waals surface area contributed by atoms with E-state index < -0.39 is 17.4 Å². The van der Waals surface area contributed by atoms with E-state index in [2.05, 4.69) is 0 Å². The lowest BCUT2D eigenvalue weighted by Gasteiger charge is -2.29. The van der Waals surface area contributed by atoms with Crippen molar-refractivity contribution in [1.82, 2.24) is 0 Å². The first-order valence-corrected chi connectivity index (χ1v) is 8.05. The minimum atomic E-state index is -1.92. The molecule has 3 rings (SSSR count). The van der Waals surface area contributed by atoms with Gasteiger partial charge in [0.15, 0.2) is 5.41 Å². The Morgan fingerprint density at radius 2 is 1.62 bits per heavy atom. The van der Waals surface area contributed by atoms with Gasteiger partial charge in [-0.25, -0.2) is 0 Å². The third kappa shape index (κ3) is 2.30. The summed E-state index contributed by atoms with van der Waals surface area (Å²) >= 11 is 0. The fraction of sp³-hybridized carbons (Fsp3) is 0.300. The monoisotopic (exact) mass is 324 g/mol. The van der Waals surface area contributed by atoms with Gasteiger partial charge in [-0.05, 0) is 46.6 Å². The smallest absolute Gasteiger partial charge is 0.325 e. The summed E-state index contributed by atoms with van der Waals surface area (Å²) in [6.45, 7) is 3.69. The number of rotatable bonds is 5. The van der Waals surface area contributed by atoms with Crippen LogP contribution in [0.1, 0.15) is 37.0 Å². The number of carboxylic acids is 2. The molecule has 0 saturated heterocycles. The summed E-state index contributed by atoms with van der Waals surface area (Å²) in [6, 6.07) is 13.2. The number of benzene rings is 2. The van der Waals surface area contributed by atoms with Crippen LogP contribution in [-0.2, 0) is 21.4 Å². The Labute approximate surface area is 140 Å². The molecule has 2 N–H and O–H groups in total. The van der Waals surface area contributed by atoms with Crippen molar-refractivity contribution in [1.29, 1.82) is 0 Å². The van der Waals surface area contributed by atoms with E-state index in [1.807, 2.05) is 44.2 Å². The maximum absolute atomic E-state index is 12.1. The molecule has 0 unspecified atom stereocenters. The van der Waals surface area contributed by atoms with E-state index in [0.29, 0.717) is 12.0 Å². The van der Waals surface area contributed by atoms with Crippen molar-refractivity contribution in [3.8, 4) is 11.1 Å². The van der Waals surface area contributed by atoms with Gasteiger partial charge in [0.05, 0.1) is 0 Å². The average Bonchev–Trinajstić information content (AvgIpc) is 2.90. The Hall–Kier alpha value is -2.62. The first kappa shape index (κ1) is 16.2. The lowest BCUT2D eigenvalue weighted by molar-refractivity contribution is -0.158. The van der Waals surface area contributed by atoms with Crippen molar-refractivity contribution in [2.75, 3.05) is 0 Å². The topological polar surface area (TPSA) is 74.6 Å². The molecule has 0 radical (unpaired) electrons. The minimum absolute atomic E-state index is 0.0585. The molecule has 0 bridgehead atoms. The number of hydrogen-bond donors (Lipinski definition) is 2. The highest BCUT2D eigenvalue weighted by atomic mass is 16.4. The summed E-state index contributed by atoms with van der Waals surface area (Å²) in [5.74, 6) is -2.65. The molecule has 4 nitrogen and oxygen atoms in total. The van der Waals surface area contributed by atoms with E-state index in [-0.39, 0.29) is 12.3 Å². The molecule has 0 fully saturated rings. The summed E-state index contributed by atoms with van der Waals surface area (Å²) < 4.78 is 0. The zero-order chi connectivity index (χ0) is 17.5. The molecule has 0 spiro atoms. The fourth-order valence-electron chi connectivity index (χ4n) is 3.78. The van der Waals surface area contributed by atoms with Gasteiger partial charge in [-0.3, -0.25) is 9.59 Å². The molecule has 124 valence electrons. The second kappa shape index (κ2) is 5.78. The third-order valence-corrected chi connectivity index (χ3v) is 4.76. The molecule has 1 aliphatic carbocycles. The van der Waals surface area contributed by atoms with E-state index in [4.69, 9.17) is 0 Å². The molecule has 2 aromatic carbocycles. The minimum Gasteiger partial charge on any atom is -0.480 e. The summed E-state index contributed by atoms with van der Waals surface area (Å²) in [5, 5.41) is 19.7. The van der Waals surface area contributed by atoms with Gasteiger partial charge in [0.25, 0.3) is 0 Å². The van der Waals surface area contributed by atoms with Crippen molar-refractivity contribution in [2.24, 2.45) is 5.92 Å². The van der Waals surface area contributed by atoms with Crippen LogP contribution in [0.3, 0.4) is 0 Å². The third-order valence-electron chi connectivity index (χ3n) is 4.76. The molecule has 0 heterocycles. The van der Waals surface area contributed by atoms with Crippen molar-refractivity contribution < 1.29 is 19.8 Å². The highest BCUT2D eigenvalue weighted by molar-refractivity contribution is 6.05. The van der Waals surface area contributed by atoms with E-state index in [9.17, 15) is 19.8 Å². The zero-order valence-electron chi connectivity index (χ0n) is 13.7. The van der Waals surface area contributed by atoms with Gasteiger partial charge in [-0.15, -0.1) is 0 Å². The molecule has 0 aromatic heterocycles. The normalized spacial score (nSPS) is 12.8. The maximum Gasteiger partial charge on any atom is 0.325 e. The van der Waals surface area contributed by atoms with E-state index >= 15 is 0 Å². The molecule has 0 saturated carbocycles. The van der Waals surface area contributed by atoms with Gasteiger partial charge in [-0.1, -0.05) is 56.3 Å². The van der Waals surface area contributed by atoms with Crippen molar-refractivity contribution in [3.63, 3.8) is 0 Å². The molecule has 1 aliphatic rings. The summed E-state index contributed by atoms with van der Waals surface area (Å²) in [5.41, 5.74) is 2.42. The summed E-state index contributed by atoms with van der Waals surface area (Å²) in [7, 11) is 0. The number of carboxylic acid groups (broad SMARTS) is 2. The van der Waals surface area contributed by atoms with E-state index in [0.717, 1.165) is 22.3 Å². The van der Waals surface area contributed by atoms with Crippen LogP contribution in [0.2, 0.25) is 0 Å². The van der Waals surface area contributed by atoms with Crippen molar-refractivity contribution in [3.05, 3.63) is 59.2 Å². The van der Waals surface area contributed by atoms with Crippen LogP contribution >= 0.6 is 0 Å². The Morgan fingerprint density at radius 3 is 2.25 bits per heavy atom. The number of fused-ring (bicyclic) bond motifs is 3. The molecule has 2 aromatic rings. The van der Waals surface area contributed by atoms with Gasteiger partial charge < -0.3 is 10.2 Å².